The van der Waals surface area contributed by atoms with Gasteiger partial charge in [0.25, 0.3) is 0 Å². The smallest absolute Gasteiger partial charge is 0.354 e. The average Bonchev–Trinajstić information content (AvgIpc) is 2.69. The largest absolute Gasteiger partial charge is 0.477 e. The lowest BCUT2D eigenvalue weighted by Gasteiger charge is -2.00. The van der Waals surface area contributed by atoms with Gasteiger partial charge in [-0.05, 0) is 11.6 Å². The normalized spacial score (nSPS) is 10.2. The van der Waals surface area contributed by atoms with Gasteiger partial charge in [-0.3, -0.25) is 0 Å². The minimum atomic E-state index is -1.18. The zero-order valence-electron chi connectivity index (χ0n) is 7.20. The fraction of sp³-hybridized carbons (Fsp3) is 0. The van der Waals surface area contributed by atoms with Crippen molar-refractivity contribution in [2.75, 3.05) is 0 Å². The van der Waals surface area contributed by atoms with Crippen molar-refractivity contribution in [3.8, 4) is 5.82 Å². The third-order valence-electron chi connectivity index (χ3n) is 1.56. The quantitative estimate of drug-likeness (QED) is 0.744. The maximum absolute atomic E-state index is 10.7. The van der Waals surface area contributed by atoms with Crippen LogP contribution in [0.5, 0.6) is 0 Å². The molecule has 2 aromatic heterocycles. The maximum atomic E-state index is 10.7. The number of carbonyl (C=O) groups is 1. The summed E-state index contributed by atoms with van der Waals surface area (Å²) in [5, 5.41) is 12.4. The van der Waals surface area contributed by atoms with Crippen LogP contribution in [0.25, 0.3) is 5.82 Å². The van der Waals surface area contributed by atoms with Gasteiger partial charge in [-0.2, -0.15) is 10.1 Å². The van der Waals surface area contributed by atoms with Gasteiger partial charge in [0.2, 0.25) is 5.28 Å². The molecule has 0 fully saturated rings. The Morgan fingerprint density at radius 2 is 2.27 bits per heavy atom. The number of aromatic carboxylic acids is 1. The SMILES string of the molecule is O=C(O)c1cc(-n2cncn2)nc(Cl)n1. The summed E-state index contributed by atoms with van der Waals surface area (Å²) in [6, 6.07) is 1.25. The van der Waals surface area contributed by atoms with E-state index in [0.717, 1.165) is 0 Å². The van der Waals surface area contributed by atoms with E-state index in [1.54, 1.807) is 0 Å². The Morgan fingerprint density at radius 1 is 1.47 bits per heavy atom. The van der Waals surface area contributed by atoms with Gasteiger partial charge in [-0.1, -0.05) is 0 Å². The van der Waals surface area contributed by atoms with Crippen molar-refractivity contribution in [1.82, 2.24) is 24.7 Å². The molecule has 2 aromatic rings. The Hall–Kier alpha value is -2.02. The van der Waals surface area contributed by atoms with Crippen LogP contribution in [0.15, 0.2) is 18.7 Å². The lowest BCUT2D eigenvalue weighted by molar-refractivity contribution is 0.0690. The van der Waals surface area contributed by atoms with Crippen LogP contribution in [0.4, 0.5) is 0 Å². The van der Waals surface area contributed by atoms with Crippen molar-refractivity contribution in [3.05, 3.63) is 29.7 Å². The second-order valence-electron chi connectivity index (χ2n) is 2.53. The average molecular weight is 226 g/mol. The van der Waals surface area contributed by atoms with E-state index >= 15 is 0 Å². The molecular formula is C7H4ClN5O2. The monoisotopic (exact) mass is 225 g/mol. The standard InChI is InChI=1S/C7H4ClN5O2/c8-7-11-4(6(14)15)1-5(12-7)13-3-9-2-10-13/h1-3H,(H,14,15). The van der Waals surface area contributed by atoms with E-state index < -0.39 is 5.97 Å². The van der Waals surface area contributed by atoms with Gasteiger partial charge >= 0.3 is 5.97 Å². The van der Waals surface area contributed by atoms with Crippen molar-refractivity contribution in [2.45, 2.75) is 0 Å². The predicted molar refractivity (Wildman–Crippen MR) is 48.9 cm³/mol. The second kappa shape index (κ2) is 3.62. The first-order valence-corrected chi connectivity index (χ1v) is 4.17. The highest BCUT2D eigenvalue weighted by atomic mass is 35.5. The third-order valence-corrected chi connectivity index (χ3v) is 1.73. The number of aromatic nitrogens is 5. The summed E-state index contributed by atoms with van der Waals surface area (Å²) in [6.07, 6.45) is 2.68. The molecule has 0 saturated carbocycles. The number of hydrogen-bond donors (Lipinski definition) is 1. The highest BCUT2D eigenvalue weighted by Gasteiger charge is 2.10. The van der Waals surface area contributed by atoms with Crippen molar-refractivity contribution in [1.29, 1.82) is 0 Å². The summed E-state index contributed by atoms with van der Waals surface area (Å²) in [7, 11) is 0. The predicted octanol–water partition coefficient (Wildman–Crippen LogP) is 0.409. The number of carboxylic acids is 1. The zero-order valence-corrected chi connectivity index (χ0v) is 7.96. The molecule has 0 amide bonds. The summed E-state index contributed by atoms with van der Waals surface area (Å²) in [5.74, 6) is -0.925. The number of rotatable bonds is 2. The van der Waals surface area contributed by atoms with Gasteiger partial charge in [0.15, 0.2) is 11.5 Å². The topological polar surface area (TPSA) is 93.8 Å². The van der Waals surface area contributed by atoms with E-state index in [4.69, 9.17) is 16.7 Å². The van der Waals surface area contributed by atoms with Crippen LogP contribution in [0.3, 0.4) is 0 Å². The molecule has 0 aromatic carbocycles. The molecule has 76 valence electrons. The van der Waals surface area contributed by atoms with Gasteiger partial charge in [0, 0.05) is 6.07 Å². The third kappa shape index (κ3) is 1.91. The molecule has 1 N–H and O–H groups in total. The van der Waals surface area contributed by atoms with Crippen molar-refractivity contribution in [3.63, 3.8) is 0 Å². The molecule has 0 aliphatic rings. The molecule has 0 atom stereocenters. The summed E-state index contributed by atoms with van der Waals surface area (Å²) in [4.78, 5) is 21.7. The molecule has 0 spiro atoms. The van der Waals surface area contributed by atoms with E-state index in [0.29, 0.717) is 0 Å². The van der Waals surface area contributed by atoms with Gasteiger partial charge in [0.1, 0.15) is 12.7 Å². The Bertz CT molecular complexity index is 498. The van der Waals surface area contributed by atoms with E-state index in [-0.39, 0.29) is 16.8 Å². The first kappa shape index (κ1) is 9.53. The van der Waals surface area contributed by atoms with E-state index in [1.807, 2.05) is 0 Å². The number of nitrogens with zero attached hydrogens (tertiary/aromatic N) is 5. The molecule has 0 saturated heterocycles. The molecule has 0 aliphatic carbocycles. The van der Waals surface area contributed by atoms with Gasteiger partial charge in [0.05, 0.1) is 0 Å². The lowest BCUT2D eigenvalue weighted by atomic mass is 10.4. The minimum absolute atomic E-state index is 0.152. The van der Waals surface area contributed by atoms with Crippen LogP contribution < -0.4 is 0 Å². The number of carboxylic acid groups (broad SMARTS) is 1. The Kier molecular flexibility index (Phi) is 2.30. The van der Waals surface area contributed by atoms with Crippen molar-refractivity contribution in [2.24, 2.45) is 0 Å². The molecule has 2 rings (SSSR count). The van der Waals surface area contributed by atoms with Gasteiger partial charge in [-0.25, -0.2) is 19.4 Å². The van der Waals surface area contributed by atoms with Crippen LogP contribution in [0.2, 0.25) is 5.28 Å². The van der Waals surface area contributed by atoms with Crippen LogP contribution in [-0.4, -0.2) is 35.8 Å². The molecule has 2 heterocycles. The summed E-state index contributed by atoms with van der Waals surface area (Å²) >= 11 is 5.56. The number of hydrogen-bond acceptors (Lipinski definition) is 5. The fourth-order valence-electron chi connectivity index (χ4n) is 0.959. The zero-order chi connectivity index (χ0) is 10.8. The first-order chi connectivity index (χ1) is 7.16. The molecule has 7 nitrogen and oxygen atoms in total. The summed E-state index contributed by atoms with van der Waals surface area (Å²) in [6.45, 7) is 0. The van der Waals surface area contributed by atoms with Crippen LogP contribution >= 0.6 is 11.6 Å². The lowest BCUT2D eigenvalue weighted by Crippen LogP contribution is -2.06. The van der Waals surface area contributed by atoms with Crippen LogP contribution in [-0.2, 0) is 0 Å². The Morgan fingerprint density at radius 3 is 2.87 bits per heavy atom. The van der Waals surface area contributed by atoms with E-state index in [9.17, 15) is 4.79 Å². The maximum Gasteiger partial charge on any atom is 0.354 e. The highest BCUT2D eigenvalue weighted by molar-refractivity contribution is 6.28. The van der Waals surface area contributed by atoms with Gasteiger partial charge < -0.3 is 5.11 Å². The molecule has 0 aliphatic heterocycles. The Labute approximate surface area is 88.4 Å². The molecule has 0 radical (unpaired) electrons. The first-order valence-electron chi connectivity index (χ1n) is 3.79. The van der Waals surface area contributed by atoms with Crippen molar-refractivity contribution >= 4 is 17.6 Å². The molecular weight excluding hydrogens is 222 g/mol. The molecule has 8 heteroatoms. The van der Waals surface area contributed by atoms with Gasteiger partial charge in [-0.15, -0.1) is 0 Å². The van der Waals surface area contributed by atoms with Crippen LogP contribution in [0.1, 0.15) is 10.5 Å². The van der Waals surface area contributed by atoms with Crippen molar-refractivity contribution < 1.29 is 9.90 Å². The summed E-state index contributed by atoms with van der Waals surface area (Å²) in [5.41, 5.74) is -0.194. The summed E-state index contributed by atoms with van der Waals surface area (Å²) < 4.78 is 1.29. The van der Waals surface area contributed by atoms with E-state index in [1.165, 1.54) is 23.4 Å². The Balaban J connectivity index is 2.54. The number of halogens is 1. The molecule has 15 heavy (non-hydrogen) atoms. The highest BCUT2D eigenvalue weighted by Crippen LogP contribution is 2.08. The van der Waals surface area contributed by atoms with E-state index in [2.05, 4.69) is 20.1 Å². The molecule has 0 bridgehead atoms. The molecule has 0 unspecified atom stereocenters. The minimum Gasteiger partial charge on any atom is -0.477 e. The fourth-order valence-corrected chi connectivity index (χ4v) is 1.14. The second-order valence-corrected chi connectivity index (χ2v) is 2.86. The van der Waals surface area contributed by atoms with Crippen LogP contribution in [0, 0.1) is 0 Å².